The van der Waals surface area contributed by atoms with Crippen LogP contribution in [0.15, 0.2) is 39.1 Å². The fourth-order valence-corrected chi connectivity index (χ4v) is 6.94. The fourth-order valence-electron chi connectivity index (χ4n) is 4.88. The van der Waals surface area contributed by atoms with E-state index in [-0.39, 0.29) is 17.5 Å². The van der Waals surface area contributed by atoms with Crippen LogP contribution in [0, 0.1) is 0 Å². The molecule has 158 valence electrons. The summed E-state index contributed by atoms with van der Waals surface area (Å²) in [6.45, 7) is 2.89. The first-order chi connectivity index (χ1) is 14.6. The predicted molar refractivity (Wildman–Crippen MR) is 123 cm³/mol. The van der Waals surface area contributed by atoms with E-state index in [9.17, 15) is 9.59 Å². The number of carbonyl (C=O) groups excluding carboxylic acids is 1. The van der Waals surface area contributed by atoms with E-state index >= 15 is 0 Å². The average Bonchev–Trinajstić information content (AvgIpc) is 3.36. The van der Waals surface area contributed by atoms with Gasteiger partial charge in [0.2, 0.25) is 5.91 Å². The van der Waals surface area contributed by atoms with Crippen molar-refractivity contribution in [2.75, 3.05) is 17.2 Å². The van der Waals surface area contributed by atoms with Crippen molar-refractivity contribution >= 4 is 35.1 Å². The molecule has 1 aromatic carbocycles. The standard InChI is InChI=1S/C23H27N3O2S2/c1-15-13-18-21(30-15)22(28)26(17-8-3-2-4-9-17)23(24-18)29-14-20(27)25-12-11-16-7-5-6-10-19(16)25/h5-7,10,15,17H,2-4,8-9,11-14H2,1H3. The van der Waals surface area contributed by atoms with Crippen LogP contribution in [-0.2, 0) is 17.6 Å². The van der Waals surface area contributed by atoms with E-state index in [2.05, 4.69) is 13.0 Å². The third-order valence-electron chi connectivity index (χ3n) is 6.36. The minimum atomic E-state index is 0.0950. The molecule has 1 fully saturated rings. The number of thioether (sulfide) groups is 2. The number of amides is 1. The smallest absolute Gasteiger partial charge is 0.268 e. The van der Waals surface area contributed by atoms with Crippen LogP contribution in [-0.4, -0.2) is 33.0 Å². The number of nitrogens with zero attached hydrogens (tertiary/aromatic N) is 3. The Morgan fingerprint density at radius 2 is 2.03 bits per heavy atom. The number of carbonyl (C=O) groups is 1. The molecule has 2 aliphatic heterocycles. The Morgan fingerprint density at radius 1 is 1.23 bits per heavy atom. The number of benzene rings is 1. The number of para-hydroxylation sites is 1. The maximum absolute atomic E-state index is 13.4. The van der Waals surface area contributed by atoms with Crippen molar-refractivity contribution < 1.29 is 4.79 Å². The lowest BCUT2D eigenvalue weighted by atomic mass is 9.95. The molecular formula is C23H27N3O2S2. The SMILES string of the molecule is CC1Cc2nc(SCC(=O)N3CCc4ccccc43)n(C3CCCCC3)c(=O)c2S1. The molecule has 3 aliphatic rings. The zero-order valence-corrected chi connectivity index (χ0v) is 18.9. The van der Waals surface area contributed by atoms with Crippen LogP contribution in [0.2, 0.25) is 0 Å². The van der Waals surface area contributed by atoms with Gasteiger partial charge in [-0.2, -0.15) is 0 Å². The molecule has 1 saturated carbocycles. The zero-order valence-electron chi connectivity index (χ0n) is 17.3. The van der Waals surface area contributed by atoms with Crippen molar-refractivity contribution in [1.29, 1.82) is 0 Å². The molecule has 1 amide bonds. The molecule has 1 aromatic heterocycles. The third-order valence-corrected chi connectivity index (χ3v) is 8.52. The number of hydrogen-bond donors (Lipinski definition) is 0. The minimum absolute atomic E-state index is 0.0950. The molecule has 1 unspecified atom stereocenters. The lowest BCUT2D eigenvalue weighted by Gasteiger charge is -2.26. The number of rotatable bonds is 4. The van der Waals surface area contributed by atoms with Gasteiger partial charge in [-0.3, -0.25) is 14.2 Å². The second-order valence-electron chi connectivity index (χ2n) is 8.48. The molecule has 5 nitrogen and oxygen atoms in total. The summed E-state index contributed by atoms with van der Waals surface area (Å²) in [5.41, 5.74) is 3.30. The molecule has 0 N–H and O–H groups in total. The van der Waals surface area contributed by atoms with Gasteiger partial charge in [0.1, 0.15) is 0 Å². The number of hydrogen-bond acceptors (Lipinski definition) is 5. The molecule has 1 aliphatic carbocycles. The van der Waals surface area contributed by atoms with Gasteiger partial charge in [0.25, 0.3) is 5.56 Å². The van der Waals surface area contributed by atoms with Gasteiger partial charge in [0, 0.05) is 29.9 Å². The minimum Gasteiger partial charge on any atom is -0.311 e. The summed E-state index contributed by atoms with van der Waals surface area (Å²) in [6, 6.07) is 8.34. The second kappa shape index (κ2) is 8.42. The Morgan fingerprint density at radius 3 is 2.87 bits per heavy atom. The topological polar surface area (TPSA) is 55.2 Å². The van der Waals surface area contributed by atoms with E-state index in [0.717, 1.165) is 66.5 Å². The van der Waals surface area contributed by atoms with Crippen molar-refractivity contribution in [3.63, 3.8) is 0 Å². The first-order valence-electron chi connectivity index (χ1n) is 10.9. The normalized spacial score (nSPS) is 21.0. The highest BCUT2D eigenvalue weighted by atomic mass is 32.2. The van der Waals surface area contributed by atoms with E-state index in [0.29, 0.717) is 11.0 Å². The summed E-state index contributed by atoms with van der Waals surface area (Å²) in [5.74, 6) is 0.409. The largest absolute Gasteiger partial charge is 0.311 e. The summed E-state index contributed by atoms with van der Waals surface area (Å²) in [7, 11) is 0. The quantitative estimate of drug-likeness (QED) is 0.518. The van der Waals surface area contributed by atoms with Crippen LogP contribution < -0.4 is 10.5 Å². The molecule has 0 spiro atoms. The van der Waals surface area contributed by atoms with Crippen LogP contribution in [0.5, 0.6) is 0 Å². The summed E-state index contributed by atoms with van der Waals surface area (Å²) >= 11 is 3.10. The number of fused-ring (bicyclic) bond motifs is 2. The Kier molecular flexibility index (Phi) is 5.67. The first-order valence-corrected chi connectivity index (χ1v) is 12.8. The fraction of sp³-hybridized carbons (Fsp3) is 0.522. The monoisotopic (exact) mass is 441 g/mol. The van der Waals surface area contributed by atoms with Gasteiger partial charge >= 0.3 is 0 Å². The lowest BCUT2D eigenvalue weighted by Crippen LogP contribution is -2.32. The third kappa shape index (κ3) is 3.71. The Hall–Kier alpha value is -1.73. The van der Waals surface area contributed by atoms with Crippen molar-refractivity contribution in [3.05, 3.63) is 45.9 Å². The van der Waals surface area contributed by atoms with Crippen molar-refractivity contribution in [2.45, 2.75) is 73.2 Å². The molecule has 1 atom stereocenters. The summed E-state index contributed by atoms with van der Waals surface area (Å²) in [5, 5.41) is 1.13. The summed E-state index contributed by atoms with van der Waals surface area (Å²) in [6.07, 6.45) is 7.36. The maximum atomic E-state index is 13.4. The van der Waals surface area contributed by atoms with Crippen molar-refractivity contribution in [1.82, 2.24) is 9.55 Å². The second-order valence-corrected chi connectivity index (χ2v) is 10.9. The molecule has 7 heteroatoms. The average molecular weight is 442 g/mol. The van der Waals surface area contributed by atoms with Crippen LogP contribution >= 0.6 is 23.5 Å². The van der Waals surface area contributed by atoms with Gasteiger partial charge < -0.3 is 4.90 Å². The van der Waals surface area contributed by atoms with Crippen LogP contribution in [0.4, 0.5) is 5.69 Å². The van der Waals surface area contributed by atoms with E-state index in [4.69, 9.17) is 4.98 Å². The Balaban J connectivity index is 1.41. The molecule has 0 bridgehead atoms. The predicted octanol–water partition coefficient (Wildman–Crippen LogP) is 4.47. The summed E-state index contributed by atoms with van der Waals surface area (Å²) < 4.78 is 1.93. The van der Waals surface area contributed by atoms with Gasteiger partial charge in [-0.15, -0.1) is 11.8 Å². The van der Waals surface area contributed by atoms with E-state index < -0.39 is 0 Å². The molecule has 0 radical (unpaired) electrons. The molecule has 30 heavy (non-hydrogen) atoms. The Bertz CT molecular complexity index is 1030. The van der Waals surface area contributed by atoms with E-state index in [1.807, 2.05) is 27.7 Å². The lowest BCUT2D eigenvalue weighted by molar-refractivity contribution is -0.116. The molecule has 5 rings (SSSR count). The van der Waals surface area contributed by atoms with Gasteiger partial charge in [0.05, 0.1) is 16.3 Å². The Labute approximate surface area is 185 Å². The molecular weight excluding hydrogens is 414 g/mol. The number of aromatic nitrogens is 2. The van der Waals surface area contributed by atoms with Crippen molar-refractivity contribution in [3.8, 4) is 0 Å². The van der Waals surface area contributed by atoms with Crippen LogP contribution in [0.25, 0.3) is 0 Å². The highest BCUT2D eigenvalue weighted by Crippen LogP contribution is 2.37. The first kappa shape index (κ1) is 20.2. The highest BCUT2D eigenvalue weighted by Gasteiger charge is 2.30. The van der Waals surface area contributed by atoms with Crippen LogP contribution in [0.1, 0.15) is 56.3 Å². The van der Waals surface area contributed by atoms with Crippen molar-refractivity contribution in [2.24, 2.45) is 0 Å². The van der Waals surface area contributed by atoms with Gasteiger partial charge in [0.15, 0.2) is 5.16 Å². The summed E-state index contributed by atoms with van der Waals surface area (Å²) in [4.78, 5) is 34.0. The number of anilines is 1. The van der Waals surface area contributed by atoms with Crippen LogP contribution in [0.3, 0.4) is 0 Å². The zero-order chi connectivity index (χ0) is 20.7. The molecule has 0 saturated heterocycles. The molecule has 3 heterocycles. The van der Waals surface area contributed by atoms with E-state index in [1.165, 1.54) is 23.7 Å². The highest BCUT2D eigenvalue weighted by molar-refractivity contribution is 8.00. The van der Waals surface area contributed by atoms with Gasteiger partial charge in [-0.25, -0.2) is 4.98 Å². The van der Waals surface area contributed by atoms with Gasteiger partial charge in [-0.1, -0.05) is 56.1 Å². The molecule has 2 aromatic rings. The van der Waals surface area contributed by atoms with Gasteiger partial charge in [-0.05, 0) is 30.9 Å². The van der Waals surface area contributed by atoms with E-state index in [1.54, 1.807) is 11.8 Å². The maximum Gasteiger partial charge on any atom is 0.268 e.